The van der Waals surface area contributed by atoms with Crippen molar-refractivity contribution in [3.8, 4) is 22.1 Å². The number of carbonyl (C=O) groups excluding carboxylic acids is 1. The van der Waals surface area contributed by atoms with Gasteiger partial charge in [0.25, 0.3) is 11.1 Å². The summed E-state index contributed by atoms with van der Waals surface area (Å²) in [5, 5.41) is 21.3. The van der Waals surface area contributed by atoms with Crippen molar-refractivity contribution in [3.63, 3.8) is 0 Å². The Morgan fingerprint density at radius 3 is 2.68 bits per heavy atom. The topological polar surface area (TPSA) is 106 Å². The molecule has 4 aromatic rings. The van der Waals surface area contributed by atoms with Gasteiger partial charge in [-0.2, -0.15) is 0 Å². The minimum atomic E-state index is -0.399. The number of benzene rings is 2. The summed E-state index contributed by atoms with van der Waals surface area (Å²) in [5.74, 6) is 0.218. The Kier molecular flexibility index (Phi) is 7.69. The van der Waals surface area contributed by atoms with Gasteiger partial charge in [0, 0.05) is 41.1 Å². The number of anilines is 1. The average molecular weight is 497 g/mol. The summed E-state index contributed by atoms with van der Waals surface area (Å²) in [5.41, 5.74) is 3.30. The fraction of sp³-hybridized carbons (Fsp3) is 0.167. The van der Waals surface area contributed by atoms with Crippen molar-refractivity contribution in [2.24, 2.45) is 0 Å². The van der Waals surface area contributed by atoms with Crippen LogP contribution < -0.4 is 14.8 Å². The summed E-state index contributed by atoms with van der Waals surface area (Å²) in [4.78, 5) is 17.5. The van der Waals surface area contributed by atoms with Crippen LogP contribution in [0.25, 0.3) is 11.1 Å². The molecule has 2 aromatic heterocycles. The van der Waals surface area contributed by atoms with Crippen LogP contribution in [0.2, 0.25) is 5.02 Å². The number of nitrogens with one attached hydrogen (secondary N) is 1. The first-order valence-electron chi connectivity index (χ1n) is 10.3. The molecule has 34 heavy (non-hydrogen) atoms. The molecule has 2 heterocycles. The minimum absolute atomic E-state index is 0.0481. The van der Waals surface area contributed by atoms with Crippen molar-refractivity contribution in [3.05, 3.63) is 82.6 Å². The lowest BCUT2D eigenvalue weighted by atomic mass is 9.98. The monoisotopic (exact) mass is 496 g/mol. The normalized spacial score (nSPS) is 10.7. The van der Waals surface area contributed by atoms with Gasteiger partial charge in [-0.15, -0.1) is 5.10 Å². The van der Waals surface area contributed by atoms with Gasteiger partial charge in [-0.3, -0.25) is 15.1 Å². The SMILES string of the molecule is COc1ccccc1-c1cc(CCO)ncc1C(=O)Nc1nnc(OCc2ccc(Cl)cc2)s1. The molecule has 0 bridgehead atoms. The maximum Gasteiger partial charge on any atom is 0.296 e. The number of nitrogens with zero attached hydrogens (tertiary/aromatic N) is 3. The number of aliphatic hydroxyl groups excluding tert-OH is 1. The highest BCUT2D eigenvalue weighted by atomic mass is 35.5. The molecule has 1 amide bonds. The number of halogens is 1. The minimum Gasteiger partial charge on any atom is -0.496 e. The van der Waals surface area contributed by atoms with Crippen LogP contribution in [0.5, 0.6) is 10.9 Å². The molecule has 10 heteroatoms. The van der Waals surface area contributed by atoms with Gasteiger partial charge in [0.15, 0.2) is 0 Å². The number of methoxy groups -OCH3 is 1. The second kappa shape index (κ2) is 11.1. The number of hydrogen-bond acceptors (Lipinski definition) is 8. The molecule has 4 rings (SSSR count). The highest BCUT2D eigenvalue weighted by Crippen LogP contribution is 2.33. The van der Waals surface area contributed by atoms with E-state index in [4.69, 9.17) is 21.1 Å². The number of aliphatic hydroxyl groups is 1. The van der Waals surface area contributed by atoms with Crippen molar-refractivity contribution in [1.82, 2.24) is 15.2 Å². The zero-order valence-electron chi connectivity index (χ0n) is 18.2. The third kappa shape index (κ3) is 5.69. The molecule has 0 aliphatic carbocycles. The maximum absolute atomic E-state index is 13.1. The Bertz CT molecular complexity index is 1280. The number of aromatic nitrogens is 3. The number of hydrogen-bond donors (Lipinski definition) is 2. The third-order valence-corrected chi connectivity index (χ3v) is 5.88. The molecular formula is C24H21ClN4O4S. The highest BCUT2D eigenvalue weighted by molar-refractivity contribution is 7.17. The van der Waals surface area contributed by atoms with E-state index in [2.05, 4.69) is 20.5 Å². The standard InChI is InChI=1S/C24H21ClN4O4S/c1-32-21-5-3-2-4-18(21)19-12-17(10-11-30)26-13-20(19)22(31)27-23-28-29-24(34-23)33-14-15-6-8-16(25)9-7-15/h2-9,12-13,30H,10-11,14H2,1H3,(H,27,28,31). The first-order chi connectivity index (χ1) is 16.6. The third-order valence-electron chi connectivity index (χ3n) is 4.87. The fourth-order valence-corrected chi connectivity index (χ4v) is 3.95. The Labute approximate surface area is 205 Å². The second-order valence-electron chi connectivity index (χ2n) is 7.14. The number of para-hydroxylation sites is 1. The van der Waals surface area contributed by atoms with E-state index in [-0.39, 0.29) is 6.61 Å². The summed E-state index contributed by atoms with van der Waals surface area (Å²) in [7, 11) is 1.57. The Morgan fingerprint density at radius 2 is 1.91 bits per heavy atom. The molecule has 2 N–H and O–H groups in total. The van der Waals surface area contributed by atoms with Crippen molar-refractivity contribution < 1.29 is 19.4 Å². The van der Waals surface area contributed by atoms with E-state index < -0.39 is 5.91 Å². The molecule has 8 nitrogen and oxygen atoms in total. The van der Waals surface area contributed by atoms with Gasteiger partial charge in [-0.05, 0) is 41.2 Å². The van der Waals surface area contributed by atoms with E-state index in [1.807, 2.05) is 36.4 Å². The van der Waals surface area contributed by atoms with Crippen LogP contribution in [0.4, 0.5) is 5.13 Å². The predicted molar refractivity (Wildman–Crippen MR) is 131 cm³/mol. The number of carbonyl (C=O) groups is 1. The lowest BCUT2D eigenvalue weighted by molar-refractivity contribution is 0.102. The van der Waals surface area contributed by atoms with Gasteiger partial charge < -0.3 is 14.6 Å². The van der Waals surface area contributed by atoms with Crippen LogP contribution in [-0.2, 0) is 13.0 Å². The lowest BCUT2D eigenvalue weighted by Crippen LogP contribution is -2.14. The summed E-state index contributed by atoms with van der Waals surface area (Å²) in [6, 6.07) is 16.5. The van der Waals surface area contributed by atoms with Crippen molar-refractivity contribution in [2.75, 3.05) is 19.0 Å². The molecule has 0 aliphatic rings. The second-order valence-corrected chi connectivity index (χ2v) is 8.51. The Balaban J connectivity index is 1.53. The molecule has 0 aliphatic heterocycles. The van der Waals surface area contributed by atoms with Crippen LogP contribution in [0, 0.1) is 0 Å². The largest absolute Gasteiger partial charge is 0.496 e. The molecule has 0 fully saturated rings. The van der Waals surface area contributed by atoms with Crippen molar-refractivity contribution in [2.45, 2.75) is 13.0 Å². The smallest absolute Gasteiger partial charge is 0.296 e. The van der Waals surface area contributed by atoms with Gasteiger partial charge in [0.1, 0.15) is 12.4 Å². The molecule has 0 spiro atoms. The van der Waals surface area contributed by atoms with Crippen molar-refractivity contribution in [1.29, 1.82) is 0 Å². The van der Waals surface area contributed by atoms with Crippen molar-refractivity contribution >= 4 is 34.0 Å². The zero-order chi connectivity index (χ0) is 23.9. The molecular weight excluding hydrogens is 476 g/mol. The first-order valence-corrected chi connectivity index (χ1v) is 11.5. The molecule has 2 aromatic carbocycles. The lowest BCUT2D eigenvalue weighted by Gasteiger charge is -2.13. The van der Waals surface area contributed by atoms with E-state index in [0.29, 0.717) is 50.9 Å². The van der Waals surface area contributed by atoms with Gasteiger partial charge in [0.2, 0.25) is 5.13 Å². The first kappa shape index (κ1) is 23.6. The van der Waals surface area contributed by atoms with Crippen LogP contribution in [0.15, 0.2) is 60.8 Å². The van der Waals surface area contributed by atoms with E-state index in [9.17, 15) is 9.90 Å². The van der Waals surface area contributed by atoms with E-state index >= 15 is 0 Å². The quantitative estimate of drug-likeness (QED) is 0.348. The van der Waals surface area contributed by atoms with Crippen LogP contribution in [-0.4, -0.2) is 39.9 Å². The van der Waals surface area contributed by atoms with Crippen LogP contribution in [0.1, 0.15) is 21.6 Å². The number of amides is 1. The summed E-state index contributed by atoms with van der Waals surface area (Å²) < 4.78 is 11.1. The predicted octanol–water partition coefficient (Wildman–Crippen LogP) is 4.63. The zero-order valence-corrected chi connectivity index (χ0v) is 19.8. The molecule has 174 valence electrons. The summed E-state index contributed by atoms with van der Waals surface area (Å²) in [6.45, 7) is 0.251. The summed E-state index contributed by atoms with van der Waals surface area (Å²) >= 11 is 7.02. The van der Waals surface area contributed by atoms with E-state index in [1.54, 1.807) is 25.3 Å². The number of rotatable bonds is 9. The van der Waals surface area contributed by atoms with E-state index in [1.165, 1.54) is 6.20 Å². The van der Waals surface area contributed by atoms with Gasteiger partial charge >= 0.3 is 0 Å². The Morgan fingerprint density at radius 1 is 1.12 bits per heavy atom. The highest BCUT2D eigenvalue weighted by Gasteiger charge is 2.19. The summed E-state index contributed by atoms with van der Waals surface area (Å²) in [6.07, 6.45) is 1.86. The van der Waals surface area contributed by atoms with Crippen LogP contribution in [0.3, 0.4) is 0 Å². The Hall–Kier alpha value is -3.53. The molecule has 0 radical (unpaired) electrons. The number of pyridine rings is 1. The molecule has 0 atom stereocenters. The molecule has 0 saturated heterocycles. The van der Waals surface area contributed by atoms with Gasteiger partial charge in [-0.1, -0.05) is 47.0 Å². The fourth-order valence-electron chi connectivity index (χ4n) is 3.23. The number of ether oxygens (including phenoxy) is 2. The molecule has 0 unspecified atom stereocenters. The van der Waals surface area contributed by atoms with Crippen LogP contribution >= 0.6 is 22.9 Å². The average Bonchev–Trinajstić information content (AvgIpc) is 3.31. The van der Waals surface area contributed by atoms with E-state index in [0.717, 1.165) is 22.5 Å². The van der Waals surface area contributed by atoms with Gasteiger partial charge in [0.05, 0.1) is 12.7 Å². The maximum atomic E-state index is 13.1. The molecule has 0 saturated carbocycles. The van der Waals surface area contributed by atoms with Gasteiger partial charge in [-0.25, -0.2) is 0 Å².